The summed E-state index contributed by atoms with van der Waals surface area (Å²) in [5.41, 5.74) is 4.71. The minimum Gasteiger partial charge on any atom is -0.496 e. The fourth-order valence-electron chi connectivity index (χ4n) is 2.86. The molecule has 5 nitrogen and oxygen atoms in total. The molecule has 3 N–H and O–H groups in total. The zero-order valence-electron chi connectivity index (χ0n) is 15.7. The van der Waals surface area contributed by atoms with Crippen molar-refractivity contribution in [2.45, 2.75) is 18.7 Å². The molecule has 1 heterocycles. The lowest BCUT2D eigenvalue weighted by atomic mass is 10.1. The van der Waals surface area contributed by atoms with Gasteiger partial charge < -0.3 is 20.1 Å². The summed E-state index contributed by atoms with van der Waals surface area (Å²) in [6.07, 6.45) is -4.62. The fourth-order valence-corrected chi connectivity index (χ4v) is 5.56. The number of ether oxygens (including phenoxy) is 2. The van der Waals surface area contributed by atoms with E-state index >= 15 is 0 Å². The van der Waals surface area contributed by atoms with Gasteiger partial charge in [-0.3, -0.25) is 4.79 Å². The van der Waals surface area contributed by atoms with Gasteiger partial charge in [0.05, 0.1) is 31.1 Å². The number of halogens is 5. The van der Waals surface area contributed by atoms with Crippen molar-refractivity contribution in [3.63, 3.8) is 0 Å². The molecule has 3 aromatic rings. The molecule has 0 saturated carbocycles. The van der Waals surface area contributed by atoms with Crippen LogP contribution < -0.4 is 15.2 Å². The van der Waals surface area contributed by atoms with Crippen LogP contribution in [0.5, 0.6) is 11.5 Å². The standard InChI is InChI=1S/C19H15BrF4NO4PS/c1-28-12-3-2-8(4-11(12)19(22,23)24)7-29-13-6-9(18(25)26)5-10-14(20)16(17(21)30-27)31-15(10)13/h2-6,17,27,30H,7H2,1H3,(H2,25,26). The van der Waals surface area contributed by atoms with Crippen LogP contribution in [-0.2, 0) is 12.8 Å². The van der Waals surface area contributed by atoms with Crippen molar-refractivity contribution >= 4 is 52.1 Å². The van der Waals surface area contributed by atoms with Gasteiger partial charge in [-0.05, 0) is 45.8 Å². The Kier molecular flexibility index (Phi) is 7.10. The highest BCUT2D eigenvalue weighted by Gasteiger charge is 2.34. The molecule has 0 aliphatic rings. The first-order valence-corrected chi connectivity index (χ1v) is 11.2. The highest BCUT2D eigenvalue weighted by Crippen LogP contribution is 2.48. The van der Waals surface area contributed by atoms with E-state index < -0.39 is 32.4 Å². The van der Waals surface area contributed by atoms with E-state index in [1.54, 1.807) is 0 Å². The third-order valence-corrected chi connectivity index (χ3v) is 7.41. The van der Waals surface area contributed by atoms with Crippen LogP contribution in [0.15, 0.2) is 34.8 Å². The van der Waals surface area contributed by atoms with Crippen molar-refractivity contribution in [1.29, 1.82) is 0 Å². The van der Waals surface area contributed by atoms with Crippen LogP contribution in [0.1, 0.15) is 32.3 Å². The topological polar surface area (TPSA) is 81.8 Å². The summed E-state index contributed by atoms with van der Waals surface area (Å²) >= 11 is 4.27. The zero-order valence-corrected chi connectivity index (χ0v) is 19.1. The van der Waals surface area contributed by atoms with Crippen LogP contribution in [0.3, 0.4) is 0 Å². The minimum absolute atomic E-state index is 0.0834. The average molecular weight is 540 g/mol. The van der Waals surface area contributed by atoms with Gasteiger partial charge in [0.25, 0.3) is 0 Å². The average Bonchev–Trinajstić information content (AvgIpc) is 3.07. The number of methoxy groups -OCH3 is 1. The summed E-state index contributed by atoms with van der Waals surface area (Å²) in [6, 6.07) is 6.32. The second-order valence-electron chi connectivity index (χ2n) is 6.31. The predicted molar refractivity (Wildman–Crippen MR) is 115 cm³/mol. The number of carbonyl (C=O) groups is 1. The number of rotatable bonds is 7. The molecule has 0 bridgehead atoms. The Morgan fingerprint density at radius 3 is 2.58 bits per heavy atom. The molecule has 1 aromatic heterocycles. The van der Waals surface area contributed by atoms with Crippen LogP contribution in [0.2, 0.25) is 0 Å². The minimum atomic E-state index is -4.62. The van der Waals surface area contributed by atoms with E-state index in [9.17, 15) is 22.4 Å². The molecule has 1 amide bonds. The third kappa shape index (κ3) is 4.95. The quantitative estimate of drug-likeness (QED) is 0.288. The lowest BCUT2D eigenvalue weighted by Crippen LogP contribution is -2.11. The molecule has 0 radical (unpaired) electrons. The first kappa shape index (κ1) is 23.7. The lowest BCUT2D eigenvalue weighted by Gasteiger charge is -2.14. The van der Waals surface area contributed by atoms with Gasteiger partial charge >= 0.3 is 6.18 Å². The number of benzene rings is 2. The SMILES string of the molecule is COc1ccc(COc2cc(C(N)=O)cc3c(Br)c(C(F)PO)sc23)cc1C(F)(F)F. The van der Waals surface area contributed by atoms with Gasteiger partial charge in [-0.2, -0.15) is 13.2 Å². The van der Waals surface area contributed by atoms with E-state index in [0.717, 1.165) is 24.5 Å². The van der Waals surface area contributed by atoms with Crippen molar-refractivity contribution in [1.82, 2.24) is 0 Å². The van der Waals surface area contributed by atoms with Crippen molar-refractivity contribution < 1.29 is 36.7 Å². The Balaban J connectivity index is 2.02. The largest absolute Gasteiger partial charge is 0.496 e. The summed E-state index contributed by atoms with van der Waals surface area (Å²) < 4.78 is 65.2. The van der Waals surface area contributed by atoms with Gasteiger partial charge in [-0.15, -0.1) is 11.3 Å². The van der Waals surface area contributed by atoms with Crippen molar-refractivity contribution in [3.05, 3.63) is 56.4 Å². The smallest absolute Gasteiger partial charge is 0.419 e. The highest BCUT2D eigenvalue weighted by molar-refractivity contribution is 9.10. The maximum atomic E-state index is 14.1. The van der Waals surface area contributed by atoms with E-state index in [4.69, 9.17) is 20.1 Å². The predicted octanol–water partition coefficient (Wildman–Crippen LogP) is 5.92. The maximum Gasteiger partial charge on any atom is 0.419 e. The normalized spacial score (nSPS) is 13.1. The molecule has 0 fully saturated rings. The third-order valence-electron chi connectivity index (χ3n) is 4.31. The van der Waals surface area contributed by atoms with Gasteiger partial charge in [-0.1, -0.05) is 6.07 Å². The van der Waals surface area contributed by atoms with Gasteiger partial charge in [0.2, 0.25) is 5.91 Å². The van der Waals surface area contributed by atoms with Crippen molar-refractivity contribution in [2.24, 2.45) is 5.73 Å². The summed E-state index contributed by atoms with van der Waals surface area (Å²) in [5.74, 6) is -2.55. The van der Waals surface area contributed by atoms with Gasteiger partial charge in [-0.25, -0.2) is 4.39 Å². The Morgan fingerprint density at radius 1 is 1.29 bits per heavy atom. The molecule has 2 atom stereocenters. The molecule has 2 unspecified atom stereocenters. The molecule has 0 aliphatic carbocycles. The Labute approximate surface area is 188 Å². The first-order chi connectivity index (χ1) is 14.6. The fraction of sp³-hybridized carbons (Fsp3) is 0.211. The highest BCUT2D eigenvalue weighted by atomic mass is 79.9. The Morgan fingerprint density at radius 2 is 2.00 bits per heavy atom. The van der Waals surface area contributed by atoms with Crippen LogP contribution in [0.4, 0.5) is 17.6 Å². The molecule has 0 saturated heterocycles. The number of fused-ring (bicyclic) bond motifs is 1. The van der Waals surface area contributed by atoms with Gasteiger partial charge in [0, 0.05) is 15.4 Å². The van der Waals surface area contributed by atoms with E-state index in [1.807, 2.05) is 0 Å². The number of thiophene rings is 1. The number of carbonyl (C=O) groups excluding carboxylic acids is 1. The number of nitrogens with two attached hydrogens (primary N) is 1. The van der Waals surface area contributed by atoms with Crippen LogP contribution in [-0.4, -0.2) is 17.9 Å². The molecular formula is C19H15BrF4NO4PS. The lowest BCUT2D eigenvalue weighted by molar-refractivity contribution is -0.138. The summed E-state index contributed by atoms with van der Waals surface area (Å²) in [5, 5.41) is 0.443. The van der Waals surface area contributed by atoms with Crippen LogP contribution >= 0.6 is 36.1 Å². The molecule has 166 valence electrons. The monoisotopic (exact) mass is 539 g/mol. The maximum absolute atomic E-state index is 14.1. The second-order valence-corrected chi connectivity index (χ2v) is 8.92. The van der Waals surface area contributed by atoms with Crippen molar-refractivity contribution in [2.75, 3.05) is 7.11 Å². The molecule has 0 spiro atoms. The van der Waals surface area contributed by atoms with Gasteiger partial charge in [0.15, 0.2) is 5.91 Å². The molecular weight excluding hydrogens is 525 g/mol. The number of amides is 1. The van der Waals surface area contributed by atoms with Crippen LogP contribution in [0.25, 0.3) is 10.1 Å². The van der Waals surface area contributed by atoms with Gasteiger partial charge in [0.1, 0.15) is 18.1 Å². The number of hydrogen-bond acceptors (Lipinski definition) is 5. The summed E-state index contributed by atoms with van der Waals surface area (Å²) in [6.45, 7) is -0.254. The molecule has 2 aromatic carbocycles. The molecule has 31 heavy (non-hydrogen) atoms. The van der Waals surface area contributed by atoms with E-state index in [2.05, 4.69) is 15.9 Å². The van der Waals surface area contributed by atoms with E-state index in [-0.39, 0.29) is 34.1 Å². The van der Waals surface area contributed by atoms with E-state index in [0.29, 0.717) is 14.6 Å². The van der Waals surface area contributed by atoms with Crippen LogP contribution in [0, 0.1) is 0 Å². The number of hydrogen-bond donors (Lipinski definition) is 2. The molecule has 0 aliphatic heterocycles. The van der Waals surface area contributed by atoms with Crippen molar-refractivity contribution in [3.8, 4) is 11.5 Å². The van der Waals surface area contributed by atoms with E-state index in [1.165, 1.54) is 24.3 Å². The Hall–Kier alpha value is -1.94. The summed E-state index contributed by atoms with van der Waals surface area (Å²) in [7, 11) is 0.155. The zero-order chi connectivity index (χ0) is 22.9. The number of alkyl halides is 4. The summed E-state index contributed by atoms with van der Waals surface area (Å²) in [4.78, 5) is 21.1. The molecule has 12 heteroatoms. The second kappa shape index (κ2) is 9.28. The Bertz CT molecular complexity index is 1140. The molecule has 3 rings (SSSR count). The first-order valence-electron chi connectivity index (χ1n) is 8.53. The number of primary amides is 1.